The van der Waals surface area contributed by atoms with E-state index in [1.165, 1.54) is 161 Å². The average molecular weight is 602 g/mol. The molecule has 0 fully saturated rings. The topological polar surface area (TPSA) is 60.2 Å². The van der Waals surface area contributed by atoms with Gasteiger partial charge in [0.05, 0.1) is 5.92 Å². The number of allylic oxidation sites excluding steroid dienone is 4. The van der Waals surface area contributed by atoms with Crippen molar-refractivity contribution in [2.24, 2.45) is 11.7 Å². The van der Waals surface area contributed by atoms with E-state index < -0.39 is 11.8 Å². The highest BCUT2D eigenvalue weighted by molar-refractivity contribution is 6.00. The van der Waals surface area contributed by atoms with Crippen LogP contribution in [0.25, 0.3) is 0 Å². The molecule has 0 aromatic heterocycles. The lowest BCUT2D eigenvalue weighted by Gasteiger charge is -2.12. The number of hydrogen-bond acceptors (Lipinski definition) is 2. The zero-order valence-corrected chi connectivity index (χ0v) is 29.2. The first-order valence-corrected chi connectivity index (χ1v) is 19.2. The molecule has 0 aliphatic heterocycles. The van der Waals surface area contributed by atoms with Gasteiger partial charge in [-0.25, -0.2) is 0 Å². The molecule has 0 radical (unpaired) electrons. The number of primary amides is 1. The van der Waals surface area contributed by atoms with Gasteiger partial charge in [0.25, 0.3) is 0 Å². The second-order valence-electron chi connectivity index (χ2n) is 13.2. The largest absolute Gasteiger partial charge is 0.369 e. The van der Waals surface area contributed by atoms with Gasteiger partial charge in [0.15, 0.2) is 0 Å². The standard InChI is InChI=1S/C40H75NO2/c1-3-5-7-9-11-13-15-17-19-20-21-23-24-26-28-30-32-34-36-38(40(41)43)39(42)37-35-33-31-29-27-25-22-18-16-14-12-10-8-6-4-2/h17-19,22,38H,3-16,20-21,23-37H2,1-2H3,(H2,41,43). The molecule has 0 heterocycles. The summed E-state index contributed by atoms with van der Waals surface area (Å²) in [6, 6.07) is 0. The van der Waals surface area contributed by atoms with Crippen molar-refractivity contribution < 1.29 is 9.59 Å². The van der Waals surface area contributed by atoms with Gasteiger partial charge in [-0.15, -0.1) is 0 Å². The minimum absolute atomic E-state index is 0.0751. The molecule has 0 aromatic carbocycles. The summed E-state index contributed by atoms with van der Waals surface area (Å²) >= 11 is 0. The zero-order valence-electron chi connectivity index (χ0n) is 29.2. The van der Waals surface area contributed by atoms with Gasteiger partial charge in [-0.2, -0.15) is 0 Å². The number of unbranched alkanes of at least 4 members (excludes halogenated alkanes) is 25. The maximum Gasteiger partial charge on any atom is 0.227 e. The van der Waals surface area contributed by atoms with E-state index in [1.807, 2.05) is 0 Å². The van der Waals surface area contributed by atoms with Gasteiger partial charge in [-0.05, 0) is 64.2 Å². The third kappa shape index (κ3) is 31.8. The smallest absolute Gasteiger partial charge is 0.227 e. The minimum Gasteiger partial charge on any atom is -0.369 e. The fraction of sp³-hybridized carbons (Fsp3) is 0.850. The van der Waals surface area contributed by atoms with Crippen molar-refractivity contribution in [2.75, 3.05) is 0 Å². The van der Waals surface area contributed by atoms with Crippen LogP contribution in [0.1, 0.15) is 213 Å². The van der Waals surface area contributed by atoms with Gasteiger partial charge < -0.3 is 5.73 Å². The molecule has 3 heteroatoms. The SMILES string of the molecule is CCCCCCCCC=CCCCCCCCCCCC(C(N)=O)C(=O)CCCCCCCC=CCCCCCCCC. The molecule has 1 amide bonds. The van der Waals surface area contributed by atoms with Gasteiger partial charge in [0, 0.05) is 6.42 Å². The Balaban J connectivity index is 3.58. The quantitative estimate of drug-likeness (QED) is 0.0446. The highest BCUT2D eigenvalue weighted by Gasteiger charge is 2.22. The van der Waals surface area contributed by atoms with E-state index in [9.17, 15) is 9.59 Å². The molecule has 0 saturated carbocycles. The van der Waals surface area contributed by atoms with E-state index in [1.54, 1.807) is 0 Å². The van der Waals surface area contributed by atoms with E-state index in [-0.39, 0.29) is 5.78 Å². The molecular formula is C40H75NO2. The molecule has 0 bridgehead atoms. The van der Waals surface area contributed by atoms with Crippen molar-refractivity contribution in [3.63, 3.8) is 0 Å². The van der Waals surface area contributed by atoms with Crippen LogP contribution in [0.4, 0.5) is 0 Å². The molecule has 2 N–H and O–H groups in total. The van der Waals surface area contributed by atoms with E-state index in [0.29, 0.717) is 12.8 Å². The summed E-state index contributed by atoms with van der Waals surface area (Å²) in [7, 11) is 0. The molecule has 0 rings (SSSR count). The van der Waals surface area contributed by atoms with E-state index in [2.05, 4.69) is 38.2 Å². The molecule has 0 aromatic rings. The van der Waals surface area contributed by atoms with Crippen molar-refractivity contribution >= 4 is 11.7 Å². The Morgan fingerprint density at radius 2 is 0.744 bits per heavy atom. The molecule has 0 aliphatic carbocycles. The average Bonchev–Trinajstić information content (AvgIpc) is 3.00. The van der Waals surface area contributed by atoms with Gasteiger partial charge >= 0.3 is 0 Å². The fourth-order valence-electron chi connectivity index (χ4n) is 5.96. The molecule has 0 spiro atoms. The molecule has 0 saturated heterocycles. The summed E-state index contributed by atoms with van der Waals surface area (Å²) in [6.45, 7) is 4.54. The molecule has 1 atom stereocenters. The number of carbonyl (C=O) groups is 2. The molecule has 3 nitrogen and oxygen atoms in total. The maximum atomic E-state index is 12.6. The lowest BCUT2D eigenvalue weighted by Crippen LogP contribution is -2.30. The van der Waals surface area contributed by atoms with Crippen molar-refractivity contribution in [2.45, 2.75) is 213 Å². The molecular weight excluding hydrogens is 526 g/mol. The highest BCUT2D eigenvalue weighted by Crippen LogP contribution is 2.18. The third-order valence-corrected chi connectivity index (χ3v) is 8.92. The number of hydrogen-bond donors (Lipinski definition) is 1. The number of Topliss-reactive ketones (excluding diaryl/α,β-unsaturated/α-hetero) is 1. The summed E-state index contributed by atoms with van der Waals surface area (Å²) in [5, 5.41) is 0. The van der Waals surface area contributed by atoms with Gasteiger partial charge in [0.2, 0.25) is 5.91 Å². The lowest BCUT2D eigenvalue weighted by molar-refractivity contribution is -0.132. The number of nitrogens with two attached hydrogens (primary N) is 1. The normalized spacial score (nSPS) is 12.5. The summed E-state index contributed by atoms with van der Waals surface area (Å²) in [4.78, 5) is 24.5. The number of ketones is 1. The zero-order chi connectivity index (χ0) is 31.5. The van der Waals surface area contributed by atoms with Crippen LogP contribution in [-0.4, -0.2) is 11.7 Å². The van der Waals surface area contributed by atoms with Crippen LogP contribution in [0.2, 0.25) is 0 Å². The van der Waals surface area contributed by atoms with Crippen LogP contribution in [0.3, 0.4) is 0 Å². The van der Waals surface area contributed by atoms with Crippen LogP contribution < -0.4 is 5.73 Å². The van der Waals surface area contributed by atoms with Crippen LogP contribution in [-0.2, 0) is 9.59 Å². The van der Waals surface area contributed by atoms with Crippen molar-refractivity contribution in [3.8, 4) is 0 Å². The Hall–Kier alpha value is -1.38. The lowest BCUT2D eigenvalue weighted by atomic mass is 9.92. The first kappa shape index (κ1) is 41.6. The van der Waals surface area contributed by atoms with Gasteiger partial charge in [-0.3, -0.25) is 9.59 Å². The van der Waals surface area contributed by atoms with Crippen LogP contribution in [0.5, 0.6) is 0 Å². The summed E-state index contributed by atoms with van der Waals surface area (Å²) < 4.78 is 0. The predicted octanol–water partition coefficient (Wildman–Crippen LogP) is 12.9. The number of carbonyl (C=O) groups excluding carboxylic acids is 2. The Bertz CT molecular complexity index is 653. The second kappa shape index (κ2) is 35.1. The molecule has 252 valence electrons. The maximum absolute atomic E-state index is 12.6. The van der Waals surface area contributed by atoms with Gasteiger partial charge in [-0.1, -0.05) is 167 Å². The van der Waals surface area contributed by atoms with Crippen molar-refractivity contribution in [1.29, 1.82) is 0 Å². The minimum atomic E-state index is -0.564. The fourth-order valence-corrected chi connectivity index (χ4v) is 5.96. The van der Waals surface area contributed by atoms with Crippen LogP contribution in [0.15, 0.2) is 24.3 Å². The highest BCUT2D eigenvalue weighted by atomic mass is 16.2. The second-order valence-corrected chi connectivity index (χ2v) is 13.2. The Morgan fingerprint density at radius 3 is 1.09 bits per heavy atom. The Morgan fingerprint density at radius 1 is 0.442 bits per heavy atom. The van der Waals surface area contributed by atoms with Crippen LogP contribution >= 0.6 is 0 Å². The molecule has 1 unspecified atom stereocenters. The summed E-state index contributed by atoms with van der Waals surface area (Å²) in [5.41, 5.74) is 5.60. The van der Waals surface area contributed by atoms with Crippen LogP contribution in [0, 0.1) is 5.92 Å². The Labute approximate surface area is 269 Å². The van der Waals surface area contributed by atoms with E-state index in [4.69, 9.17) is 5.73 Å². The number of rotatable bonds is 35. The third-order valence-electron chi connectivity index (χ3n) is 8.92. The summed E-state index contributed by atoms with van der Waals surface area (Å²) in [6.07, 6.45) is 47.4. The predicted molar refractivity (Wildman–Crippen MR) is 190 cm³/mol. The first-order valence-electron chi connectivity index (χ1n) is 19.2. The summed E-state index contributed by atoms with van der Waals surface area (Å²) in [5.74, 6) is -0.907. The van der Waals surface area contributed by atoms with Gasteiger partial charge in [0.1, 0.15) is 5.78 Å². The van der Waals surface area contributed by atoms with Crippen molar-refractivity contribution in [3.05, 3.63) is 24.3 Å². The van der Waals surface area contributed by atoms with Crippen molar-refractivity contribution in [1.82, 2.24) is 0 Å². The van der Waals surface area contributed by atoms with E-state index >= 15 is 0 Å². The van der Waals surface area contributed by atoms with E-state index in [0.717, 1.165) is 25.7 Å². The molecule has 0 aliphatic rings. The molecule has 43 heavy (non-hydrogen) atoms. The monoisotopic (exact) mass is 602 g/mol. The Kier molecular flexibility index (Phi) is 34.0. The first-order chi connectivity index (χ1) is 21.1. The number of amides is 1.